The van der Waals surface area contributed by atoms with Crippen molar-refractivity contribution in [1.82, 2.24) is 10.2 Å². The first kappa shape index (κ1) is 11.4. The highest BCUT2D eigenvalue weighted by Gasteiger charge is 2.29. The number of carbonyl (C=O) groups excluding carboxylic acids is 1. The summed E-state index contributed by atoms with van der Waals surface area (Å²) in [6.45, 7) is 1.23. The Morgan fingerprint density at radius 2 is 2.07 bits per heavy atom. The molecule has 5 nitrogen and oxygen atoms in total. The van der Waals surface area contributed by atoms with Crippen LogP contribution in [-0.4, -0.2) is 59.9 Å². The molecule has 0 aromatic rings. The number of hydrogen-bond acceptors (Lipinski definition) is 4. The minimum absolute atomic E-state index is 0.0326. The molecule has 1 fully saturated rings. The van der Waals surface area contributed by atoms with Crippen molar-refractivity contribution in [2.45, 2.75) is 18.9 Å². The van der Waals surface area contributed by atoms with Gasteiger partial charge in [0.15, 0.2) is 0 Å². The molecule has 0 aromatic carbocycles. The molecule has 1 amide bonds. The maximum absolute atomic E-state index is 11.3. The Bertz CT molecular complexity index is 183. The fourth-order valence-electron chi connectivity index (χ4n) is 1.39. The fourth-order valence-corrected chi connectivity index (χ4v) is 1.39. The van der Waals surface area contributed by atoms with E-state index in [9.17, 15) is 4.79 Å². The van der Waals surface area contributed by atoms with Gasteiger partial charge in [0.1, 0.15) is 0 Å². The lowest BCUT2D eigenvalue weighted by Gasteiger charge is -2.19. The summed E-state index contributed by atoms with van der Waals surface area (Å²) in [4.78, 5) is 13.3. The molecule has 5 heteroatoms. The lowest BCUT2D eigenvalue weighted by atomic mass is 10.4. The summed E-state index contributed by atoms with van der Waals surface area (Å²) in [6.07, 6.45) is 2.24. The molecule has 0 aromatic heterocycles. The first-order chi connectivity index (χ1) is 6.77. The van der Waals surface area contributed by atoms with E-state index >= 15 is 0 Å². The van der Waals surface area contributed by atoms with Crippen LogP contribution in [0.25, 0.3) is 0 Å². The summed E-state index contributed by atoms with van der Waals surface area (Å²) in [5, 5.41) is 19.9. The van der Waals surface area contributed by atoms with Crippen molar-refractivity contribution >= 4 is 5.91 Å². The number of carbonyl (C=O) groups is 1. The van der Waals surface area contributed by atoms with Crippen LogP contribution in [0.3, 0.4) is 0 Å². The summed E-state index contributed by atoms with van der Waals surface area (Å²) in [5.74, 6) is -0.0839. The number of aliphatic hydroxyl groups is 2. The van der Waals surface area contributed by atoms with E-state index < -0.39 is 0 Å². The van der Waals surface area contributed by atoms with Crippen LogP contribution in [0.4, 0.5) is 0 Å². The molecule has 0 saturated heterocycles. The van der Waals surface area contributed by atoms with Crippen LogP contribution in [0.5, 0.6) is 0 Å². The number of nitrogens with one attached hydrogen (secondary N) is 1. The minimum atomic E-state index is -0.0839. The van der Waals surface area contributed by atoms with Crippen molar-refractivity contribution in [3.05, 3.63) is 0 Å². The van der Waals surface area contributed by atoms with E-state index in [1.165, 1.54) is 0 Å². The number of rotatable bonds is 7. The van der Waals surface area contributed by atoms with Crippen LogP contribution in [0.1, 0.15) is 12.8 Å². The second-order valence-electron chi connectivity index (χ2n) is 3.50. The quantitative estimate of drug-likeness (QED) is 0.472. The van der Waals surface area contributed by atoms with Crippen LogP contribution >= 0.6 is 0 Å². The molecule has 0 radical (unpaired) electrons. The van der Waals surface area contributed by atoms with Crippen molar-refractivity contribution in [3.8, 4) is 0 Å². The highest BCUT2D eigenvalue weighted by molar-refractivity contribution is 5.78. The second-order valence-corrected chi connectivity index (χ2v) is 3.50. The molecule has 0 heterocycles. The average molecular weight is 202 g/mol. The van der Waals surface area contributed by atoms with Gasteiger partial charge in [-0.3, -0.25) is 9.69 Å². The standard InChI is InChI=1S/C9H18N2O3/c12-5-3-10-9(14)7-11(4-6-13)8-1-2-8/h8,12-13H,1-7H2,(H,10,14). The third-order valence-electron chi connectivity index (χ3n) is 2.23. The van der Waals surface area contributed by atoms with E-state index in [1.54, 1.807) is 0 Å². The Kier molecular flexibility index (Phi) is 4.86. The van der Waals surface area contributed by atoms with Gasteiger partial charge in [-0.2, -0.15) is 0 Å². The van der Waals surface area contributed by atoms with Gasteiger partial charge in [-0.15, -0.1) is 0 Å². The molecule has 3 N–H and O–H groups in total. The predicted molar refractivity (Wildman–Crippen MR) is 51.8 cm³/mol. The highest BCUT2D eigenvalue weighted by atomic mass is 16.3. The van der Waals surface area contributed by atoms with Crippen LogP contribution in [0, 0.1) is 0 Å². The van der Waals surface area contributed by atoms with E-state index in [0.29, 0.717) is 25.7 Å². The SMILES string of the molecule is O=C(CN(CCO)C1CC1)NCCO. The predicted octanol–water partition coefficient (Wildman–Crippen LogP) is -1.45. The van der Waals surface area contributed by atoms with Gasteiger partial charge in [-0.25, -0.2) is 0 Å². The molecule has 1 saturated carbocycles. The van der Waals surface area contributed by atoms with Gasteiger partial charge in [0.2, 0.25) is 5.91 Å². The van der Waals surface area contributed by atoms with E-state index in [1.807, 2.05) is 4.90 Å². The Labute approximate surface area is 83.7 Å². The highest BCUT2D eigenvalue weighted by Crippen LogP contribution is 2.25. The fraction of sp³-hybridized carbons (Fsp3) is 0.889. The van der Waals surface area contributed by atoms with Gasteiger partial charge in [0, 0.05) is 19.1 Å². The molecular weight excluding hydrogens is 184 g/mol. The molecular formula is C9H18N2O3. The van der Waals surface area contributed by atoms with Crippen LogP contribution < -0.4 is 5.32 Å². The number of nitrogens with zero attached hydrogens (tertiary/aromatic N) is 1. The van der Waals surface area contributed by atoms with E-state index in [4.69, 9.17) is 10.2 Å². The van der Waals surface area contributed by atoms with Gasteiger partial charge >= 0.3 is 0 Å². The Hall–Kier alpha value is -0.650. The zero-order valence-corrected chi connectivity index (χ0v) is 8.28. The van der Waals surface area contributed by atoms with E-state index in [0.717, 1.165) is 12.8 Å². The first-order valence-corrected chi connectivity index (χ1v) is 5.00. The molecule has 1 rings (SSSR count). The molecule has 0 spiro atoms. The summed E-state index contributed by atoms with van der Waals surface area (Å²) >= 11 is 0. The molecule has 82 valence electrons. The molecule has 0 aliphatic heterocycles. The lowest BCUT2D eigenvalue weighted by Crippen LogP contribution is -2.40. The van der Waals surface area contributed by atoms with Crippen LogP contribution in [0.15, 0.2) is 0 Å². The molecule has 14 heavy (non-hydrogen) atoms. The number of hydrogen-bond donors (Lipinski definition) is 3. The van der Waals surface area contributed by atoms with Gasteiger partial charge in [0.25, 0.3) is 0 Å². The van der Waals surface area contributed by atoms with Crippen molar-refractivity contribution in [2.75, 3.05) is 32.8 Å². The zero-order chi connectivity index (χ0) is 10.4. The van der Waals surface area contributed by atoms with Crippen molar-refractivity contribution in [3.63, 3.8) is 0 Å². The van der Waals surface area contributed by atoms with Gasteiger partial charge < -0.3 is 15.5 Å². The zero-order valence-electron chi connectivity index (χ0n) is 8.28. The van der Waals surface area contributed by atoms with Gasteiger partial charge in [0.05, 0.1) is 19.8 Å². The molecule has 0 bridgehead atoms. The summed E-state index contributed by atoms with van der Waals surface area (Å²) in [6, 6.07) is 0.474. The van der Waals surface area contributed by atoms with Crippen LogP contribution in [0.2, 0.25) is 0 Å². The Morgan fingerprint density at radius 3 is 2.57 bits per heavy atom. The summed E-state index contributed by atoms with van der Waals surface area (Å²) in [7, 11) is 0. The normalized spacial score (nSPS) is 15.9. The summed E-state index contributed by atoms with van der Waals surface area (Å²) < 4.78 is 0. The average Bonchev–Trinajstić information content (AvgIpc) is 2.97. The maximum Gasteiger partial charge on any atom is 0.234 e. The first-order valence-electron chi connectivity index (χ1n) is 5.00. The maximum atomic E-state index is 11.3. The van der Waals surface area contributed by atoms with E-state index in [2.05, 4.69) is 5.32 Å². The molecule has 1 aliphatic rings. The Morgan fingerprint density at radius 1 is 1.36 bits per heavy atom. The topological polar surface area (TPSA) is 72.8 Å². The number of amides is 1. The molecule has 0 atom stereocenters. The Balaban J connectivity index is 2.20. The van der Waals surface area contributed by atoms with Gasteiger partial charge in [-0.1, -0.05) is 0 Å². The monoisotopic (exact) mass is 202 g/mol. The van der Waals surface area contributed by atoms with Crippen molar-refractivity contribution < 1.29 is 15.0 Å². The molecule has 0 unspecified atom stereocenters. The van der Waals surface area contributed by atoms with Gasteiger partial charge in [-0.05, 0) is 12.8 Å². The largest absolute Gasteiger partial charge is 0.395 e. The summed E-state index contributed by atoms with van der Waals surface area (Å²) in [5.41, 5.74) is 0. The third kappa shape index (κ3) is 4.04. The minimum Gasteiger partial charge on any atom is -0.395 e. The second kappa shape index (κ2) is 5.95. The van der Waals surface area contributed by atoms with Crippen molar-refractivity contribution in [2.24, 2.45) is 0 Å². The third-order valence-corrected chi connectivity index (χ3v) is 2.23. The number of aliphatic hydroxyl groups excluding tert-OH is 2. The molecule has 1 aliphatic carbocycles. The smallest absolute Gasteiger partial charge is 0.234 e. The van der Waals surface area contributed by atoms with Crippen molar-refractivity contribution in [1.29, 1.82) is 0 Å². The lowest BCUT2D eigenvalue weighted by molar-refractivity contribution is -0.122. The van der Waals surface area contributed by atoms with E-state index in [-0.39, 0.29) is 19.1 Å². The van der Waals surface area contributed by atoms with Crippen LogP contribution in [-0.2, 0) is 4.79 Å².